The highest BCUT2D eigenvalue weighted by atomic mass is 16.5. The number of carboxylic acid groups (broad SMARTS) is 2. The number of aromatic nitrogens is 1. The Labute approximate surface area is 120 Å². The van der Waals surface area contributed by atoms with Crippen molar-refractivity contribution in [1.82, 2.24) is 4.98 Å². The van der Waals surface area contributed by atoms with Crippen LogP contribution in [0.5, 0.6) is 5.75 Å². The van der Waals surface area contributed by atoms with Gasteiger partial charge in [-0.1, -0.05) is 0 Å². The van der Waals surface area contributed by atoms with Gasteiger partial charge in [-0.15, -0.1) is 0 Å². The number of methoxy groups -OCH3 is 1. The number of hydrogen-bond acceptors (Lipinski definition) is 3. The molecule has 0 fully saturated rings. The number of aromatic amines is 1. The average molecular weight is 289 g/mol. The Bertz CT molecular complexity index is 748. The fourth-order valence-corrected chi connectivity index (χ4v) is 3.21. The summed E-state index contributed by atoms with van der Waals surface area (Å²) in [7, 11) is 1.57. The van der Waals surface area contributed by atoms with E-state index in [-0.39, 0.29) is 0 Å². The number of carbonyl (C=O) groups is 2. The number of ether oxygens (including phenoxy) is 1. The van der Waals surface area contributed by atoms with E-state index in [1.165, 1.54) is 0 Å². The van der Waals surface area contributed by atoms with E-state index in [9.17, 15) is 14.7 Å². The second-order valence-corrected chi connectivity index (χ2v) is 5.35. The summed E-state index contributed by atoms with van der Waals surface area (Å²) in [5.74, 6) is -1.51. The third-order valence-electron chi connectivity index (χ3n) is 4.26. The third kappa shape index (κ3) is 1.86. The van der Waals surface area contributed by atoms with Gasteiger partial charge in [0.2, 0.25) is 0 Å². The zero-order valence-electron chi connectivity index (χ0n) is 11.5. The van der Waals surface area contributed by atoms with Crippen molar-refractivity contribution in [1.29, 1.82) is 0 Å². The van der Waals surface area contributed by atoms with Gasteiger partial charge in [0, 0.05) is 16.6 Å². The summed E-state index contributed by atoms with van der Waals surface area (Å²) >= 11 is 0. The van der Waals surface area contributed by atoms with Crippen molar-refractivity contribution in [3.63, 3.8) is 0 Å². The van der Waals surface area contributed by atoms with Crippen LogP contribution in [0.1, 0.15) is 24.1 Å². The molecule has 0 saturated heterocycles. The minimum atomic E-state index is -1.37. The summed E-state index contributed by atoms with van der Waals surface area (Å²) in [6.45, 7) is 0. The van der Waals surface area contributed by atoms with Crippen LogP contribution in [0.2, 0.25) is 0 Å². The number of aryl methyl sites for hydroxylation is 1. The Morgan fingerprint density at radius 1 is 1.38 bits per heavy atom. The molecule has 2 aromatic rings. The third-order valence-corrected chi connectivity index (χ3v) is 4.26. The van der Waals surface area contributed by atoms with Gasteiger partial charge in [-0.3, -0.25) is 9.59 Å². The van der Waals surface area contributed by atoms with Gasteiger partial charge in [-0.2, -0.15) is 0 Å². The van der Waals surface area contributed by atoms with Crippen molar-refractivity contribution >= 4 is 22.8 Å². The number of fused-ring (bicyclic) bond motifs is 3. The van der Waals surface area contributed by atoms with Gasteiger partial charge >= 0.3 is 11.9 Å². The lowest BCUT2D eigenvalue weighted by molar-refractivity contribution is -0.150. The van der Waals surface area contributed by atoms with Crippen LogP contribution in [0.15, 0.2) is 18.2 Å². The maximum absolute atomic E-state index is 11.7. The van der Waals surface area contributed by atoms with E-state index in [0.717, 1.165) is 16.5 Å². The van der Waals surface area contributed by atoms with Gasteiger partial charge in [0.25, 0.3) is 0 Å². The Balaban J connectivity index is 2.21. The molecule has 1 unspecified atom stereocenters. The SMILES string of the molecule is COc1ccc2[nH]c3c(c2c1)CCC3(CC(=O)O)C(=O)O. The van der Waals surface area contributed by atoms with E-state index < -0.39 is 23.8 Å². The molecule has 0 bridgehead atoms. The molecule has 6 nitrogen and oxygen atoms in total. The second kappa shape index (κ2) is 4.51. The van der Waals surface area contributed by atoms with Crippen LogP contribution in [0.25, 0.3) is 10.9 Å². The smallest absolute Gasteiger partial charge is 0.316 e. The van der Waals surface area contributed by atoms with Gasteiger partial charge < -0.3 is 19.9 Å². The summed E-state index contributed by atoms with van der Waals surface area (Å²) in [5.41, 5.74) is 0.831. The molecule has 0 radical (unpaired) electrons. The summed E-state index contributed by atoms with van der Waals surface area (Å²) in [6, 6.07) is 5.46. The molecule has 1 aliphatic rings. The molecule has 6 heteroatoms. The molecule has 1 aromatic heterocycles. The fourth-order valence-electron chi connectivity index (χ4n) is 3.21. The number of benzene rings is 1. The van der Waals surface area contributed by atoms with Gasteiger partial charge in [-0.25, -0.2) is 0 Å². The van der Waals surface area contributed by atoms with Gasteiger partial charge in [0.15, 0.2) is 0 Å². The zero-order chi connectivity index (χ0) is 15.2. The van der Waals surface area contributed by atoms with Crippen LogP contribution in [0.4, 0.5) is 0 Å². The first-order valence-corrected chi connectivity index (χ1v) is 6.62. The van der Waals surface area contributed by atoms with Crippen LogP contribution < -0.4 is 4.74 Å². The quantitative estimate of drug-likeness (QED) is 0.798. The summed E-state index contributed by atoms with van der Waals surface area (Å²) in [6.07, 6.45) is 0.421. The van der Waals surface area contributed by atoms with E-state index in [1.807, 2.05) is 12.1 Å². The first kappa shape index (κ1) is 13.5. The standard InChI is InChI=1S/C15H15NO5/c1-21-8-2-3-11-10(6-8)9-4-5-15(14(19)20,7-12(17)18)13(9)16-11/h2-3,6,16H,4-5,7H2,1H3,(H,17,18)(H,19,20). The van der Waals surface area contributed by atoms with E-state index in [2.05, 4.69) is 4.98 Å². The van der Waals surface area contributed by atoms with Crippen LogP contribution >= 0.6 is 0 Å². The van der Waals surface area contributed by atoms with E-state index in [0.29, 0.717) is 24.3 Å². The van der Waals surface area contributed by atoms with Crippen molar-refractivity contribution in [3.05, 3.63) is 29.5 Å². The molecule has 0 saturated carbocycles. The topological polar surface area (TPSA) is 99.6 Å². The largest absolute Gasteiger partial charge is 0.497 e. The number of rotatable bonds is 4. The van der Waals surface area contributed by atoms with Crippen LogP contribution in [0, 0.1) is 0 Å². The molecule has 3 N–H and O–H groups in total. The Morgan fingerprint density at radius 2 is 2.14 bits per heavy atom. The Kier molecular flexibility index (Phi) is 2.90. The summed E-state index contributed by atoms with van der Waals surface area (Å²) in [4.78, 5) is 25.9. The zero-order valence-corrected chi connectivity index (χ0v) is 11.5. The first-order valence-electron chi connectivity index (χ1n) is 6.62. The van der Waals surface area contributed by atoms with Crippen molar-refractivity contribution in [3.8, 4) is 5.75 Å². The molecule has 1 heterocycles. The van der Waals surface area contributed by atoms with Crippen LogP contribution in [0.3, 0.4) is 0 Å². The predicted molar refractivity (Wildman–Crippen MR) is 74.7 cm³/mol. The summed E-state index contributed by atoms with van der Waals surface area (Å²) < 4.78 is 5.19. The highest BCUT2D eigenvalue weighted by Gasteiger charge is 2.49. The fraction of sp³-hybridized carbons (Fsp3) is 0.333. The molecule has 0 aliphatic heterocycles. The van der Waals surface area contributed by atoms with Gasteiger partial charge in [0.05, 0.1) is 13.5 Å². The molecule has 1 aliphatic carbocycles. The van der Waals surface area contributed by atoms with E-state index in [4.69, 9.17) is 9.84 Å². The lowest BCUT2D eigenvalue weighted by Gasteiger charge is -2.22. The minimum absolute atomic E-state index is 0.295. The number of aliphatic carboxylic acids is 2. The molecule has 1 atom stereocenters. The maximum atomic E-state index is 11.7. The van der Waals surface area contributed by atoms with Crippen molar-refractivity contribution in [2.75, 3.05) is 7.11 Å². The molecule has 21 heavy (non-hydrogen) atoms. The highest BCUT2D eigenvalue weighted by molar-refractivity contribution is 5.94. The van der Waals surface area contributed by atoms with Crippen LogP contribution in [-0.2, 0) is 21.4 Å². The Morgan fingerprint density at radius 3 is 2.76 bits per heavy atom. The molecule has 0 spiro atoms. The number of hydrogen-bond donors (Lipinski definition) is 3. The first-order chi connectivity index (χ1) is 9.98. The minimum Gasteiger partial charge on any atom is -0.497 e. The predicted octanol–water partition coefficient (Wildman–Crippen LogP) is 1.92. The molecular formula is C15H15NO5. The number of H-pyrrole nitrogens is 1. The molecule has 3 rings (SSSR count). The lowest BCUT2D eigenvalue weighted by Crippen LogP contribution is -2.36. The maximum Gasteiger partial charge on any atom is 0.316 e. The van der Waals surface area contributed by atoms with Crippen molar-refractivity contribution < 1.29 is 24.5 Å². The average Bonchev–Trinajstić information content (AvgIpc) is 2.96. The van der Waals surface area contributed by atoms with Gasteiger partial charge in [0.1, 0.15) is 11.2 Å². The monoisotopic (exact) mass is 289 g/mol. The normalized spacial score (nSPS) is 20.4. The van der Waals surface area contributed by atoms with Crippen molar-refractivity contribution in [2.24, 2.45) is 0 Å². The van der Waals surface area contributed by atoms with Crippen LogP contribution in [-0.4, -0.2) is 34.2 Å². The molecule has 110 valence electrons. The number of nitrogens with one attached hydrogen (secondary N) is 1. The van der Waals surface area contributed by atoms with E-state index >= 15 is 0 Å². The number of carboxylic acids is 2. The van der Waals surface area contributed by atoms with Crippen molar-refractivity contribution in [2.45, 2.75) is 24.7 Å². The second-order valence-electron chi connectivity index (χ2n) is 5.35. The Hall–Kier alpha value is -2.50. The lowest BCUT2D eigenvalue weighted by atomic mass is 9.82. The van der Waals surface area contributed by atoms with E-state index in [1.54, 1.807) is 13.2 Å². The molecule has 0 amide bonds. The molecular weight excluding hydrogens is 274 g/mol. The van der Waals surface area contributed by atoms with Gasteiger partial charge in [-0.05, 0) is 36.6 Å². The molecule has 1 aromatic carbocycles. The highest BCUT2D eigenvalue weighted by Crippen LogP contribution is 2.45. The summed E-state index contributed by atoms with van der Waals surface area (Å²) in [5, 5.41) is 19.6.